The van der Waals surface area contributed by atoms with Crippen LogP contribution in [0.5, 0.6) is 0 Å². The molecule has 116 valence electrons. The highest BCUT2D eigenvalue weighted by Gasteiger charge is 2.13. The minimum atomic E-state index is -0.762. The summed E-state index contributed by atoms with van der Waals surface area (Å²) in [6, 6.07) is 5.83. The third kappa shape index (κ3) is 5.98. The molecule has 2 N–H and O–H groups in total. The van der Waals surface area contributed by atoms with Gasteiger partial charge < -0.3 is 10.4 Å². The van der Waals surface area contributed by atoms with Gasteiger partial charge >= 0.3 is 5.97 Å². The molecule has 0 heterocycles. The van der Waals surface area contributed by atoms with Gasteiger partial charge in [0.15, 0.2) is 0 Å². The lowest BCUT2D eigenvalue weighted by Crippen LogP contribution is -2.32. The highest BCUT2D eigenvalue weighted by atomic mass is 16.4. The molecule has 1 aromatic rings. The van der Waals surface area contributed by atoms with E-state index in [2.05, 4.69) is 5.32 Å². The van der Waals surface area contributed by atoms with Gasteiger partial charge in [-0.25, -0.2) is 0 Å². The number of rotatable bonds is 7. The van der Waals surface area contributed by atoms with Gasteiger partial charge in [-0.3, -0.25) is 9.59 Å². The molecule has 0 aromatic heterocycles. The van der Waals surface area contributed by atoms with Crippen LogP contribution in [0.25, 0.3) is 0 Å². The molecule has 0 bridgehead atoms. The lowest BCUT2D eigenvalue weighted by molar-refractivity contribution is -0.141. The summed E-state index contributed by atoms with van der Waals surface area (Å²) in [5, 5.41) is 11.8. The molecule has 1 amide bonds. The predicted octanol–water partition coefficient (Wildman–Crippen LogP) is 3.31. The molecule has 0 aliphatic rings. The molecular weight excluding hydrogens is 266 g/mol. The lowest BCUT2D eigenvalue weighted by atomic mass is 10.0. The first kappa shape index (κ1) is 17.2. The number of carbonyl (C=O) groups is 2. The Bertz CT molecular complexity index is 491. The molecule has 0 aliphatic heterocycles. The van der Waals surface area contributed by atoms with Crippen LogP contribution in [-0.2, 0) is 4.79 Å². The fourth-order valence-electron chi connectivity index (χ4n) is 2.34. The highest BCUT2D eigenvalue weighted by molar-refractivity contribution is 5.94. The van der Waals surface area contributed by atoms with E-state index in [4.69, 9.17) is 5.11 Å². The molecule has 0 fully saturated rings. The lowest BCUT2D eigenvalue weighted by Gasteiger charge is -2.15. The number of hydrogen-bond donors (Lipinski definition) is 2. The minimum absolute atomic E-state index is 0.0410. The Morgan fingerprint density at radius 2 is 1.67 bits per heavy atom. The van der Waals surface area contributed by atoms with Crippen molar-refractivity contribution in [3.05, 3.63) is 34.9 Å². The number of aryl methyl sites for hydroxylation is 2. The van der Waals surface area contributed by atoms with E-state index in [1.54, 1.807) is 6.92 Å². The number of amides is 1. The van der Waals surface area contributed by atoms with Crippen LogP contribution in [0, 0.1) is 19.8 Å². The summed E-state index contributed by atoms with van der Waals surface area (Å²) in [6.07, 6.45) is 2.22. The van der Waals surface area contributed by atoms with Crippen LogP contribution < -0.4 is 5.32 Å². The second-order valence-corrected chi connectivity index (χ2v) is 5.92. The Morgan fingerprint density at radius 1 is 1.10 bits per heavy atom. The van der Waals surface area contributed by atoms with Gasteiger partial charge in [0.25, 0.3) is 5.91 Å². The van der Waals surface area contributed by atoms with Gasteiger partial charge in [-0.1, -0.05) is 30.5 Å². The summed E-state index contributed by atoms with van der Waals surface area (Å²) in [5.74, 6) is -1.16. The van der Waals surface area contributed by atoms with Crippen LogP contribution in [0.15, 0.2) is 18.2 Å². The SMILES string of the molecule is Cc1cc(C)cc(C(=O)NC(C)CCCC(C)C(=O)O)c1. The third-order valence-corrected chi connectivity index (χ3v) is 3.56. The second kappa shape index (κ2) is 7.81. The molecule has 4 heteroatoms. The molecular formula is C17H25NO3. The molecule has 0 spiro atoms. The summed E-state index contributed by atoms with van der Waals surface area (Å²) >= 11 is 0. The summed E-state index contributed by atoms with van der Waals surface area (Å²) in [5.41, 5.74) is 2.82. The number of hydrogen-bond acceptors (Lipinski definition) is 2. The van der Waals surface area contributed by atoms with Gasteiger partial charge in [-0.15, -0.1) is 0 Å². The monoisotopic (exact) mass is 291 g/mol. The van der Waals surface area contributed by atoms with Crippen LogP contribution >= 0.6 is 0 Å². The van der Waals surface area contributed by atoms with Crippen molar-refractivity contribution in [1.29, 1.82) is 0 Å². The number of nitrogens with one attached hydrogen (secondary N) is 1. The number of carboxylic acid groups (broad SMARTS) is 1. The van der Waals surface area contributed by atoms with E-state index in [1.165, 1.54) is 0 Å². The predicted molar refractivity (Wildman–Crippen MR) is 83.5 cm³/mol. The van der Waals surface area contributed by atoms with Crippen molar-refractivity contribution in [2.75, 3.05) is 0 Å². The average Bonchev–Trinajstić information content (AvgIpc) is 2.37. The zero-order chi connectivity index (χ0) is 16.0. The Hall–Kier alpha value is -1.84. The van der Waals surface area contributed by atoms with Crippen LogP contribution in [0.1, 0.15) is 54.6 Å². The number of carboxylic acids is 1. The molecule has 0 aliphatic carbocycles. The smallest absolute Gasteiger partial charge is 0.306 e. The quantitative estimate of drug-likeness (QED) is 0.810. The molecule has 1 aromatic carbocycles. The van der Waals surface area contributed by atoms with Gasteiger partial charge in [-0.2, -0.15) is 0 Å². The van der Waals surface area contributed by atoms with Gasteiger partial charge in [0.1, 0.15) is 0 Å². The van der Waals surface area contributed by atoms with E-state index < -0.39 is 5.97 Å². The molecule has 0 saturated heterocycles. The molecule has 2 atom stereocenters. The van der Waals surface area contributed by atoms with E-state index in [1.807, 2.05) is 39.0 Å². The zero-order valence-corrected chi connectivity index (χ0v) is 13.3. The Balaban J connectivity index is 2.45. The van der Waals surface area contributed by atoms with Crippen molar-refractivity contribution < 1.29 is 14.7 Å². The van der Waals surface area contributed by atoms with Crippen molar-refractivity contribution in [3.63, 3.8) is 0 Å². The highest BCUT2D eigenvalue weighted by Crippen LogP contribution is 2.12. The van der Waals surface area contributed by atoms with Crippen LogP contribution in [0.3, 0.4) is 0 Å². The van der Waals surface area contributed by atoms with Crippen molar-refractivity contribution in [2.24, 2.45) is 5.92 Å². The van der Waals surface area contributed by atoms with Crippen LogP contribution in [0.4, 0.5) is 0 Å². The molecule has 0 saturated carbocycles. The maximum Gasteiger partial charge on any atom is 0.306 e. The maximum atomic E-state index is 12.2. The summed E-state index contributed by atoms with van der Waals surface area (Å²) in [6.45, 7) is 7.61. The first-order chi connectivity index (χ1) is 9.79. The fourth-order valence-corrected chi connectivity index (χ4v) is 2.34. The third-order valence-electron chi connectivity index (χ3n) is 3.56. The Kier molecular flexibility index (Phi) is 6.40. The van der Waals surface area contributed by atoms with Crippen molar-refractivity contribution >= 4 is 11.9 Å². The Morgan fingerprint density at radius 3 is 2.19 bits per heavy atom. The van der Waals surface area contributed by atoms with E-state index in [-0.39, 0.29) is 17.9 Å². The number of carbonyl (C=O) groups excluding carboxylic acids is 1. The fraction of sp³-hybridized carbons (Fsp3) is 0.529. The van der Waals surface area contributed by atoms with Gasteiger partial charge in [0.05, 0.1) is 5.92 Å². The maximum absolute atomic E-state index is 12.2. The minimum Gasteiger partial charge on any atom is -0.481 e. The Labute approximate surface area is 126 Å². The summed E-state index contributed by atoms with van der Waals surface area (Å²) in [4.78, 5) is 22.9. The molecule has 0 radical (unpaired) electrons. The zero-order valence-electron chi connectivity index (χ0n) is 13.3. The number of benzene rings is 1. The van der Waals surface area contributed by atoms with E-state index in [9.17, 15) is 9.59 Å². The second-order valence-electron chi connectivity index (χ2n) is 5.92. The van der Waals surface area contributed by atoms with E-state index in [0.717, 1.165) is 24.0 Å². The largest absolute Gasteiger partial charge is 0.481 e. The average molecular weight is 291 g/mol. The van der Waals surface area contributed by atoms with Gasteiger partial charge in [0.2, 0.25) is 0 Å². The molecule has 1 rings (SSSR count). The van der Waals surface area contributed by atoms with Crippen LogP contribution in [-0.4, -0.2) is 23.0 Å². The van der Waals surface area contributed by atoms with Crippen molar-refractivity contribution in [2.45, 2.75) is 53.0 Å². The topological polar surface area (TPSA) is 66.4 Å². The van der Waals surface area contributed by atoms with Crippen LogP contribution in [0.2, 0.25) is 0 Å². The number of aliphatic carboxylic acids is 1. The molecule has 2 unspecified atom stereocenters. The first-order valence-electron chi connectivity index (χ1n) is 7.41. The molecule has 21 heavy (non-hydrogen) atoms. The van der Waals surface area contributed by atoms with Crippen molar-refractivity contribution in [3.8, 4) is 0 Å². The summed E-state index contributed by atoms with van der Waals surface area (Å²) < 4.78 is 0. The normalized spacial score (nSPS) is 13.5. The standard InChI is InChI=1S/C17H25NO3/c1-11-8-12(2)10-15(9-11)16(19)18-14(4)7-5-6-13(3)17(20)21/h8-10,13-14H,5-7H2,1-4H3,(H,18,19)(H,20,21). The van der Waals surface area contributed by atoms with Gasteiger partial charge in [-0.05, 0) is 45.7 Å². The summed E-state index contributed by atoms with van der Waals surface area (Å²) in [7, 11) is 0. The van der Waals surface area contributed by atoms with E-state index >= 15 is 0 Å². The molecule has 4 nitrogen and oxygen atoms in total. The van der Waals surface area contributed by atoms with Crippen molar-refractivity contribution in [1.82, 2.24) is 5.32 Å². The first-order valence-corrected chi connectivity index (χ1v) is 7.41. The van der Waals surface area contributed by atoms with E-state index in [0.29, 0.717) is 12.0 Å². The van der Waals surface area contributed by atoms with Gasteiger partial charge in [0, 0.05) is 11.6 Å².